The Morgan fingerprint density at radius 1 is 1.10 bits per heavy atom. The maximum absolute atomic E-state index is 12.2. The first-order valence-corrected chi connectivity index (χ1v) is 10.2. The van der Waals surface area contributed by atoms with E-state index in [2.05, 4.69) is 15.5 Å². The second-order valence-corrected chi connectivity index (χ2v) is 7.49. The largest absolute Gasteiger partial charge is 0.483 e. The number of amides is 1. The molecule has 0 fully saturated rings. The highest BCUT2D eigenvalue weighted by Crippen LogP contribution is 2.29. The lowest BCUT2D eigenvalue weighted by molar-refractivity contribution is -0.123. The van der Waals surface area contributed by atoms with Gasteiger partial charge in [-0.05, 0) is 57.0 Å². The fourth-order valence-electron chi connectivity index (χ4n) is 3.51. The standard InChI is InChI=1S/C23H24N4O4/c1-14-15(2)23(29)31-22-16(3)18(10-9-17(14)22)30-13-21(28)24-11-6-8-20-26-25-19-7-4-5-12-27(19)20/h4-5,7,9-10,12H,6,8,11,13H2,1-3H3,(H,24,28). The van der Waals surface area contributed by atoms with Gasteiger partial charge in [-0.3, -0.25) is 9.20 Å². The normalized spacial score (nSPS) is 11.2. The zero-order valence-corrected chi connectivity index (χ0v) is 17.8. The van der Waals surface area contributed by atoms with Gasteiger partial charge in [0.2, 0.25) is 0 Å². The van der Waals surface area contributed by atoms with E-state index in [1.807, 2.05) is 48.7 Å². The summed E-state index contributed by atoms with van der Waals surface area (Å²) >= 11 is 0. The molecule has 3 heterocycles. The molecule has 8 nitrogen and oxygen atoms in total. The lowest BCUT2D eigenvalue weighted by atomic mass is 10.0. The number of nitrogens with one attached hydrogen (secondary N) is 1. The average molecular weight is 420 g/mol. The zero-order valence-electron chi connectivity index (χ0n) is 17.8. The molecule has 8 heteroatoms. The smallest absolute Gasteiger partial charge is 0.339 e. The Balaban J connectivity index is 1.31. The van der Waals surface area contributed by atoms with Crippen molar-refractivity contribution in [3.8, 4) is 5.75 Å². The van der Waals surface area contributed by atoms with E-state index >= 15 is 0 Å². The highest BCUT2D eigenvalue weighted by molar-refractivity contribution is 5.85. The summed E-state index contributed by atoms with van der Waals surface area (Å²) < 4.78 is 13.1. The molecule has 0 aliphatic heterocycles. The molecule has 160 valence electrons. The highest BCUT2D eigenvalue weighted by atomic mass is 16.5. The number of ether oxygens (including phenoxy) is 1. The molecule has 1 amide bonds. The van der Waals surface area contributed by atoms with Crippen LogP contribution >= 0.6 is 0 Å². The van der Waals surface area contributed by atoms with Crippen LogP contribution in [-0.2, 0) is 11.2 Å². The van der Waals surface area contributed by atoms with Crippen LogP contribution in [0.4, 0.5) is 0 Å². The monoisotopic (exact) mass is 420 g/mol. The third-order valence-corrected chi connectivity index (χ3v) is 5.47. The summed E-state index contributed by atoms with van der Waals surface area (Å²) in [6, 6.07) is 9.40. The second kappa shape index (κ2) is 8.59. The molecule has 0 bridgehead atoms. The molecule has 3 aromatic heterocycles. The van der Waals surface area contributed by atoms with Crippen molar-refractivity contribution in [2.24, 2.45) is 0 Å². The number of carbonyl (C=O) groups is 1. The number of rotatable bonds is 7. The van der Waals surface area contributed by atoms with Crippen LogP contribution in [0.3, 0.4) is 0 Å². The van der Waals surface area contributed by atoms with Crippen molar-refractivity contribution >= 4 is 22.5 Å². The van der Waals surface area contributed by atoms with E-state index in [1.54, 1.807) is 13.0 Å². The van der Waals surface area contributed by atoms with E-state index in [1.165, 1.54) is 0 Å². The van der Waals surface area contributed by atoms with Crippen molar-refractivity contribution in [1.82, 2.24) is 19.9 Å². The van der Waals surface area contributed by atoms with Crippen molar-refractivity contribution in [1.29, 1.82) is 0 Å². The van der Waals surface area contributed by atoms with Gasteiger partial charge in [-0.25, -0.2) is 4.79 Å². The summed E-state index contributed by atoms with van der Waals surface area (Å²) in [6.45, 7) is 5.85. The Hall–Kier alpha value is -3.68. The van der Waals surface area contributed by atoms with Crippen LogP contribution < -0.4 is 15.7 Å². The van der Waals surface area contributed by atoms with E-state index < -0.39 is 0 Å². The summed E-state index contributed by atoms with van der Waals surface area (Å²) in [4.78, 5) is 24.2. The molecule has 4 rings (SSSR count). The summed E-state index contributed by atoms with van der Waals surface area (Å²) in [6.07, 6.45) is 3.36. The van der Waals surface area contributed by atoms with Crippen LogP contribution in [0, 0.1) is 20.8 Å². The number of fused-ring (bicyclic) bond motifs is 2. The predicted octanol–water partition coefficient (Wildman–Crippen LogP) is 2.89. The number of carbonyl (C=O) groups excluding carboxylic acids is 1. The fraction of sp³-hybridized carbons (Fsp3) is 0.304. The maximum Gasteiger partial charge on any atom is 0.339 e. The lowest BCUT2D eigenvalue weighted by Crippen LogP contribution is -2.30. The molecule has 0 saturated carbocycles. The first kappa shape index (κ1) is 20.6. The van der Waals surface area contributed by atoms with Crippen LogP contribution in [-0.4, -0.2) is 33.7 Å². The van der Waals surface area contributed by atoms with Crippen LogP contribution in [0.1, 0.15) is 28.9 Å². The minimum Gasteiger partial charge on any atom is -0.483 e. The third kappa shape index (κ3) is 4.14. The minimum atomic E-state index is -0.358. The fourth-order valence-corrected chi connectivity index (χ4v) is 3.51. The van der Waals surface area contributed by atoms with Gasteiger partial charge < -0.3 is 14.5 Å². The molecule has 0 unspecified atom stereocenters. The van der Waals surface area contributed by atoms with Gasteiger partial charge in [0.15, 0.2) is 12.3 Å². The van der Waals surface area contributed by atoms with Crippen molar-refractivity contribution in [2.45, 2.75) is 33.6 Å². The second-order valence-electron chi connectivity index (χ2n) is 7.49. The molecule has 0 atom stereocenters. The van der Waals surface area contributed by atoms with E-state index in [0.717, 1.165) is 28.8 Å². The van der Waals surface area contributed by atoms with Gasteiger partial charge >= 0.3 is 5.63 Å². The first-order valence-electron chi connectivity index (χ1n) is 10.2. The van der Waals surface area contributed by atoms with Crippen LogP contribution in [0.15, 0.2) is 45.7 Å². The molecule has 0 aliphatic carbocycles. The van der Waals surface area contributed by atoms with Gasteiger partial charge in [-0.15, -0.1) is 10.2 Å². The number of nitrogens with zero attached hydrogens (tertiary/aromatic N) is 3. The Labute approximate surface area is 178 Å². The Morgan fingerprint density at radius 3 is 2.77 bits per heavy atom. The zero-order chi connectivity index (χ0) is 22.0. The molecule has 0 saturated heterocycles. The van der Waals surface area contributed by atoms with Crippen LogP contribution in [0.5, 0.6) is 5.75 Å². The Morgan fingerprint density at radius 2 is 1.94 bits per heavy atom. The van der Waals surface area contributed by atoms with Gasteiger partial charge in [0.1, 0.15) is 17.2 Å². The predicted molar refractivity (Wildman–Crippen MR) is 117 cm³/mol. The van der Waals surface area contributed by atoms with Crippen LogP contribution in [0.2, 0.25) is 0 Å². The topological polar surface area (TPSA) is 98.7 Å². The number of hydrogen-bond acceptors (Lipinski definition) is 6. The third-order valence-electron chi connectivity index (χ3n) is 5.47. The lowest BCUT2D eigenvalue weighted by Gasteiger charge is -2.12. The number of aryl methyl sites for hydroxylation is 3. The minimum absolute atomic E-state index is 0.116. The van der Waals surface area contributed by atoms with Gasteiger partial charge in [-0.1, -0.05) is 6.07 Å². The van der Waals surface area contributed by atoms with Crippen molar-refractivity contribution < 1.29 is 13.9 Å². The van der Waals surface area contributed by atoms with E-state index in [-0.39, 0.29) is 18.1 Å². The molecule has 1 aromatic carbocycles. The maximum atomic E-state index is 12.2. The number of pyridine rings is 1. The van der Waals surface area contributed by atoms with E-state index in [0.29, 0.717) is 35.4 Å². The highest BCUT2D eigenvalue weighted by Gasteiger charge is 2.14. The molecule has 0 radical (unpaired) electrons. The van der Waals surface area contributed by atoms with Crippen molar-refractivity contribution in [2.75, 3.05) is 13.2 Å². The quantitative estimate of drug-likeness (QED) is 0.365. The summed E-state index contributed by atoms with van der Waals surface area (Å²) in [5.74, 6) is 1.16. The summed E-state index contributed by atoms with van der Waals surface area (Å²) in [5.41, 5.74) is 3.12. The molecule has 0 spiro atoms. The molecule has 0 aliphatic rings. The average Bonchev–Trinajstić information content (AvgIpc) is 3.18. The SMILES string of the molecule is Cc1c(C)c2ccc(OCC(=O)NCCCc3nnc4ccccn34)c(C)c2oc1=O. The molecular weight excluding hydrogens is 396 g/mol. The number of benzene rings is 1. The number of aromatic nitrogens is 3. The molecule has 4 aromatic rings. The van der Waals surface area contributed by atoms with E-state index in [4.69, 9.17) is 9.15 Å². The van der Waals surface area contributed by atoms with Crippen molar-refractivity contribution in [3.05, 3.63) is 69.5 Å². The van der Waals surface area contributed by atoms with Crippen molar-refractivity contribution in [3.63, 3.8) is 0 Å². The van der Waals surface area contributed by atoms with Gasteiger partial charge in [0, 0.05) is 35.7 Å². The Kier molecular flexibility index (Phi) is 5.70. The Bertz CT molecular complexity index is 1320. The van der Waals surface area contributed by atoms with Gasteiger partial charge in [-0.2, -0.15) is 0 Å². The molecule has 1 N–H and O–H groups in total. The van der Waals surface area contributed by atoms with Gasteiger partial charge in [0.25, 0.3) is 5.91 Å². The molecular formula is C23H24N4O4. The van der Waals surface area contributed by atoms with Gasteiger partial charge in [0.05, 0.1) is 0 Å². The summed E-state index contributed by atoms with van der Waals surface area (Å²) in [7, 11) is 0. The molecule has 31 heavy (non-hydrogen) atoms. The summed E-state index contributed by atoms with van der Waals surface area (Å²) in [5, 5.41) is 12.0. The number of hydrogen-bond donors (Lipinski definition) is 1. The van der Waals surface area contributed by atoms with E-state index in [9.17, 15) is 9.59 Å². The van der Waals surface area contributed by atoms with Crippen LogP contribution in [0.25, 0.3) is 16.6 Å². The first-order chi connectivity index (χ1) is 15.0.